The van der Waals surface area contributed by atoms with E-state index in [0.717, 1.165) is 52.5 Å². The molecule has 3 aromatic rings. The topological polar surface area (TPSA) is 93.9 Å². The SMILES string of the molecule is COC(=O)N(CCCC1CNC[C@@H](CCc2ccc(Cl)cc2)O1)C(=O)[C@@H](N)Cc1cccc(-c2ccccc2)c1. The summed E-state index contributed by atoms with van der Waals surface area (Å²) in [5.74, 6) is -0.444. The predicted molar refractivity (Wildman–Crippen MR) is 158 cm³/mol. The Morgan fingerprint density at radius 2 is 1.68 bits per heavy atom. The summed E-state index contributed by atoms with van der Waals surface area (Å²) in [6.07, 6.45) is 2.85. The molecule has 1 heterocycles. The molecule has 3 N–H and O–H groups in total. The fourth-order valence-electron chi connectivity index (χ4n) is 5.02. The van der Waals surface area contributed by atoms with Crippen molar-refractivity contribution in [1.29, 1.82) is 0 Å². The van der Waals surface area contributed by atoms with Crippen molar-refractivity contribution in [1.82, 2.24) is 10.2 Å². The van der Waals surface area contributed by atoms with Crippen LogP contribution in [0.1, 0.15) is 30.4 Å². The molecule has 7 nitrogen and oxygen atoms in total. The molecule has 1 aliphatic heterocycles. The molecule has 0 spiro atoms. The van der Waals surface area contributed by atoms with Crippen LogP contribution in [0.15, 0.2) is 78.9 Å². The molecule has 0 aliphatic carbocycles. The monoisotopic (exact) mass is 563 g/mol. The number of carbonyl (C=O) groups excluding carboxylic acids is 2. The number of hydrogen-bond donors (Lipinski definition) is 2. The fourth-order valence-corrected chi connectivity index (χ4v) is 5.15. The van der Waals surface area contributed by atoms with Gasteiger partial charge in [-0.1, -0.05) is 78.3 Å². The lowest BCUT2D eigenvalue weighted by molar-refractivity contribution is -0.131. The van der Waals surface area contributed by atoms with E-state index in [1.165, 1.54) is 12.7 Å². The second kappa shape index (κ2) is 15.0. The van der Waals surface area contributed by atoms with Crippen molar-refractivity contribution in [3.8, 4) is 11.1 Å². The average Bonchev–Trinajstić information content (AvgIpc) is 2.99. The van der Waals surface area contributed by atoms with Gasteiger partial charge < -0.3 is 20.5 Å². The zero-order valence-electron chi connectivity index (χ0n) is 22.9. The van der Waals surface area contributed by atoms with Gasteiger partial charge in [0.15, 0.2) is 0 Å². The number of amides is 2. The molecule has 0 saturated carbocycles. The Balaban J connectivity index is 1.27. The summed E-state index contributed by atoms with van der Waals surface area (Å²) in [5.41, 5.74) is 10.6. The molecule has 0 bridgehead atoms. The number of nitrogens with two attached hydrogens (primary N) is 1. The molecular weight excluding hydrogens is 526 g/mol. The molecule has 1 fully saturated rings. The van der Waals surface area contributed by atoms with Crippen molar-refractivity contribution >= 4 is 23.6 Å². The molecule has 1 unspecified atom stereocenters. The number of carbonyl (C=O) groups is 2. The van der Waals surface area contributed by atoms with Crippen molar-refractivity contribution in [3.63, 3.8) is 0 Å². The van der Waals surface area contributed by atoms with E-state index >= 15 is 0 Å². The lowest BCUT2D eigenvalue weighted by Crippen LogP contribution is -2.48. The summed E-state index contributed by atoms with van der Waals surface area (Å²) < 4.78 is 11.2. The lowest BCUT2D eigenvalue weighted by atomic mass is 9.99. The Hall–Kier alpha value is -3.23. The van der Waals surface area contributed by atoms with E-state index in [2.05, 4.69) is 5.32 Å². The Labute approximate surface area is 241 Å². The van der Waals surface area contributed by atoms with E-state index in [-0.39, 0.29) is 18.8 Å². The Morgan fingerprint density at radius 3 is 2.40 bits per heavy atom. The molecule has 40 heavy (non-hydrogen) atoms. The normalized spacial score (nSPS) is 17.7. The van der Waals surface area contributed by atoms with Crippen LogP contribution in [0.3, 0.4) is 0 Å². The highest BCUT2D eigenvalue weighted by Crippen LogP contribution is 2.21. The summed E-state index contributed by atoms with van der Waals surface area (Å²) in [4.78, 5) is 26.9. The van der Waals surface area contributed by atoms with Crippen LogP contribution in [0.2, 0.25) is 5.02 Å². The third-order valence-electron chi connectivity index (χ3n) is 7.17. The van der Waals surface area contributed by atoms with Gasteiger partial charge in [-0.05, 0) is 66.5 Å². The highest BCUT2D eigenvalue weighted by Gasteiger charge is 2.28. The number of rotatable bonds is 11. The lowest BCUT2D eigenvalue weighted by Gasteiger charge is -2.31. The van der Waals surface area contributed by atoms with Gasteiger partial charge in [0.25, 0.3) is 0 Å². The molecule has 1 aliphatic rings. The molecular formula is C32H38ClN3O4. The van der Waals surface area contributed by atoms with Crippen LogP contribution < -0.4 is 11.1 Å². The predicted octanol–water partition coefficient (Wildman–Crippen LogP) is 5.24. The maximum atomic E-state index is 13.2. The van der Waals surface area contributed by atoms with Crippen LogP contribution in [0.4, 0.5) is 4.79 Å². The largest absolute Gasteiger partial charge is 0.452 e. The van der Waals surface area contributed by atoms with Gasteiger partial charge in [-0.15, -0.1) is 0 Å². The summed E-state index contributed by atoms with van der Waals surface area (Å²) >= 11 is 5.98. The minimum absolute atomic E-state index is 0.00738. The summed E-state index contributed by atoms with van der Waals surface area (Å²) in [6.45, 7) is 1.76. The van der Waals surface area contributed by atoms with Crippen LogP contribution in [-0.2, 0) is 27.1 Å². The number of nitrogens with one attached hydrogen (secondary N) is 1. The van der Waals surface area contributed by atoms with Crippen molar-refractivity contribution in [3.05, 3.63) is 95.0 Å². The molecule has 3 atom stereocenters. The highest BCUT2D eigenvalue weighted by atomic mass is 35.5. The van der Waals surface area contributed by atoms with Crippen LogP contribution in [0, 0.1) is 0 Å². The van der Waals surface area contributed by atoms with Gasteiger partial charge in [0.05, 0.1) is 25.4 Å². The van der Waals surface area contributed by atoms with Gasteiger partial charge in [-0.3, -0.25) is 4.79 Å². The number of ether oxygens (including phenoxy) is 2. The Morgan fingerprint density at radius 1 is 0.975 bits per heavy atom. The van der Waals surface area contributed by atoms with Gasteiger partial charge in [0.2, 0.25) is 5.91 Å². The van der Waals surface area contributed by atoms with Crippen LogP contribution in [0.5, 0.6) is 0 Å². The molecule has 1 saturated heterocycles. The van der Waals surface area contributed by atoms with Crippen molar-refractivity contribution in [2.45, 2.75) is 50.4 Å². The number of nitrogens with zero attached hydrogens (tertiary/aromatic N) is 1. The van der Waals surface area contributed by atoms with Crippen LogP contribution in [0.25, 0.3) is 11.1 Å². The number of hydrogen-bond acceptors (Lipinski definition) is 6. The number of aryl methyl sites for hydroxylation is 1. The average molecular weight is 564 g/mol. The van der Waals surface area contributed by atoms with Gasteiger partial charge in [0, 0.05) is 24.7 Å². The first kappa shape index (κ1) is 29.7. The minimum atomic E-state index is -0.866. The minimum Gasteiger partial charge on any atom is -0.452 e. The fraction of sp³-hybridized carbons (Fsp3) is 0.375. The molecule has 0 radical (unpaired) electrons. The van der Waals surface area contributed by atoms with E-state index in [1.807, 2.05) is 78.9 Å². The zero-order chi connectivity index (χ0) is 28.3. The van der Waals surface area contributed by atoms with Gasteiger partial charge >= 0.3 is 6.09 Å². The van der Waals surface area contributed by atoms with E-state index < -0.39 is 18.0 Å². The maximum Gasteiger partial charge on any atom is 0.416 e. The maximum absolute atomic E-state index is 13.2. The molecule has 212 valence electrons. The molecule has 4 rings (SSSR count). The van der Waals surface area contributed by atoms with Gasteiger partial charge in [-0.25, -0.2) is 9.69 Å². The van der Waals surface area contributed by atoms with E-state index in [4.69, 9.17) is 26.8 Å². The standard InChI is InChI=1S/C32H38ClN3O4/c1-39-32(38)36(31(37)30(34)20-24-7-5-10-26(19-24)25-8-3-2-4-9-25)18-6-11-28-21-35-22-29(40-28)17-14-23-12-15-27(33)16-13-23/h2-5,7-10,12-13,15-16,19,28-30,35H,6,11,14,17-18,20-22,34H2,1H3/t28?,29-,30+/m1/s1. The van der Waals surface area contributed by atoms with E-state index in [9.17, 15) is 9.59 Å². The first-order valence-corrected chi connectivity index (χ1v) is 14.2. The first-order chi connectivity index (χ1) is 19.4. The van der Waals surface area contributed by atoms with Crippen molar-refractivity contribution < 1.29 is 19.1 Å². The number of halogens is 1. The second-order valence-electron chi connectivity index (χ2n) is 10.2. The smallest absolute Gasteiger partial charge is 0.416 e. The number of methoxy groups -OCH3 is 1. The summed E-state index contributed by atoms with van der Waals surface area (Å²) in [7, 11) is 1.27. The molecule has 2 amide bonds. The van der Waals surface area contributed by atoms with Gasteiger partial charge in [-0.2, -0.15) is 0 Å². The summed E-state index contributed by atoms with van der Waals surface area (Å²) in [5, 5.41) is 4.18. The third kappa shape index (κ3) is 8.63. The highest BCUT2D eigenvalue weighted by molar-refractivity contribution is 6.30. The quantitative estimate of drug-likeness (QED) is 0.331. The van der Waals surface area contributed by atoms with Crippen molar-refractivity contribution in [2.75, 3.05) is 26.7 Å². The Bertz CT molecular complexity index is 1240. The third-order valence-corrected chi connectivity index (χ3v) is 7.42. The molecule has 3 aromatic carbocycles. The van der Waals surface area contributed by atoms with E-state index in [0.29, 0.717) is 19.3 Å². The summed E-state index contributed by atoms with van der Waals surface area (Å²) in [6, 6.07) is 25.0. The molecule has 0 aromatic heterocycles. The second-order valence-corrected chi connectivity index (χ2v) is 10.6. The first-order valence-electron chi connectivity index (χ1n) is 13.8. The van der Waals surface area contributed by atoms with Crippen LogP contribution in [-0.4, -0.2) is 61.9 Å². The van der Waals surface area contributed by atoms with E-state index in [1.54, 1.807) is 0 Å². The Kier molecular flexibility index (Phi) is 11.1. The number of benzene rings is 3. The van der Waals surface area contributed by atoms with Gasteiger partial charge in [0.1, 0.15) is 0 Å². The van der Waals surface area contributed by atoms with Crippen LogP contribution >= 0.6 is 11.6 Å². The zero-order valence-corrected chi connectivity index (χ0v) is 23.7. The molecule has 8 heteroatoms. The number of imide groups is 1. The number of morpholine rings is 1. The van der Waals surface area contributed by atoms with Crippen molar-refractivity contribution in [2.24, 2.45) is 5.73 Å².